The molecule has 0 spiro atoms. The van der Waals surface area contributed by atoms with Gasteiger partial charge in [0.25, 0.3) is 10.0 Å². The van der Waals surface area contributed by atoms with E-state index in [1.807, 2.05) is 13.8 Å². The Morgan fingerprint density at radius 1 is 0.921 bits per heavy atom. The molecule has 0 saturated heterocycles. The highest BCUT2D eigenvalue weighted by molar-refractivity contribution is 7.92. The van der Waals surface area contributed by atoms with Crippen molar-refractivity contribution in [2.75, 3.05) is 17.4 Å². The van der Waals surface area contributed by atoms with Gasteiger partial charge >= 0.3 is 0 Å². The van der Waals surface area contributed by atoms with Gasteiger partial charge in [-0.3, -0.25) is 13.9 Å². The normalized spacial score (nSPS) is 12.0. The second kappa shape index (κ2) is 13.2. The lowest BCUT2D eigenvalue weighted by Gasteiger charge is -2.33. The van der Waals surface area contributed by atoms with Crippen LogP contribution in [0.1, 0.15) is 37.8 Å². The van der Waals surface area contributed by atoms with Crippen LogP contribution in [0.3, 0.4) is 0 Å². The number of anilines is 1. The summed E-state index contributed by atoms with van der Waals surface area (Å²) < 4.78 is 42.1. The van der Waals surface area contributed by atoms with Gasteiger partial charge < -0.3 is 10.2 Å². The number of halogens is 1. The summed E-state index contributed by atoms with van der Waals surface area (Å²) in [5, 5.41) is 2.84. The van der Waals surface area contributed by atoms with Gasteiger partial charge in [0.2, 0.25) is 11.8 Å². The van der Waals surface area contributed by atoms with Crippen LogP contribution in [0.5, 0.6) is 0 Å². The highest BCUT2D eigenvalue weighted by atomic mass is 32.2. The topological polar surface area (TPSA) is 86.8 Å². The minimum Gasteiger partial charge on any atom is -0.354 e. The molecule has 0 heterocycles. The van der Waals surface area contributed by atoms with Crippen LogP contribution >= 0.6 is 0 Å². The van der Waals surface area contributed by atoms with Crippen molar-refractivity contribution in [2.24, 2.45) is 0 Å². The number of hydrogen-bond acceptors (Lipinski definition) is 4. The van der Waals surface area contributed by atoms with Crippen molar-refractivity contribution >= 4 is 27.5 Å². The number of carbonyl (C=O) groups excluding carboxylic acids is 2. The van der Waals surface area contributed by atoms with Gasteiger partial charge in [0.05, 0.1) is 10.6 Å². The highest BCUT2D eigenvalue weighted by Gasteiger charge is 2.33. The molecule has 1 N–H and O–H groups in total. The zero-order chi connectivity index (χ0) is 27.7. The quantitative estimate of drug-likeness (QED) is 0.363. The largest absolute Gasteiger partial charge is 0.354 e. The van der Waals surface area contributed by atoms with E-state index in [0.29, 0.717) is 24.2 Å². The van der Waals surface area contributed by atoms with E-state index in [9.17, 15) is 22.4 Å². The molecule has 0 radical (unpaired) electrons. The summed E-state index contributed by atoms with van der Waals surface area (Å²) in [7, 11) is -4.11. The lowest BCUT2D eigenvalue weighted by Crippen LogP contribution is -2.52. The number of para-hydroxylation sites is 1. The first-order chi connectivity index (χ1) is 18.2. The predicted octanol–water partition coefficient (Wildman–Crippen LogP) is 4.66. The van der Waals surface area contributed by atoms with E-state index in [1.54, 1.807) is 61.5 Å². The zero-order valence-corrected chi connectivity index (χ0v) is 22.7. The Kier molecular flexibility index (Phi) is 10.0. The Morgan fingerprint density at radius 2 is 1.55 bits per heavy atom. The van der Waals surface area contributed by atoms with Crippen molar-refractivity contribution in [3.05, 3.63) is 95.8 Å². The molecule has 1 atom stereocenters. The number of sulfonamides is 1. The monoisotopic (exact) mass is 539 g/mol. The summed E-state index contributed by atoms with van der Waals surface area (Å²) in [6, 6.07) is 19.6. The number of rotatable bonds is 12. The van der Waals surface area contributed by atoms with Crippen molar-refractivity contribution < 1.29 is 22.4 Å². The fourth-order valence-electron chi connectivity index (χ4n) is 4.03. The maximum absolute atomic E-state index is 13.9. The van der Waals surface area contributed by atoms with Crippen LogP contribution in [0.2, 0.25) is 0 Å². The molecule has 0 aliphatic heterocycles. The maximum Gasteiger partial charge on any atom is 0.264 e. The van der Waals surface area contributed by atoms with Gasteiger partial charge in [-0.1, -0.05) is 61.9 Å². The maximum atomic E-state index is 13.9. The number of nitrogens with zero attached hydrogens (tertiary/aromatic N) is 2. The fourth-order valence-corrected chi connectivity index (χ4v) is 5.45. The second-order valence-corrected chi connectivity index (χ2v) is 10.9. The van der Waals surface area contributed by atoms with Crippen LogP contribution in [0.25, 0.3) is 0 Å². The molecule has 0 bridgehead atoms. The van der Waals surface area contributed by atoms with Gasteiger partial charge in [0.15, 0.2) is 0 Å². The highest BCUT2D eigenvalue weighted by Crippen LogP contribution is 2.25. The first-order valence-electron chi connectivity index (χ1n) is 12.6. The van der Waals surface area contributed by atoms with Crippen LogP contribution < -0.4 is 9.62 Å². The fraction of sp³-hybridized carbons (Fsp3) is 0.310. The number of carbonyl (C=O) groups is 2. The zero-order valence-electron chi connectivity index (χ0n) is 21.9. The molecule has 7 nitrogen and oxygen atoms in total. The predicted molar refractivity (Wildman–Crippen MR) is 146 cm³/mol. The molecule has 0 saturated carbocycles. The van der Waals surface area contributed by atoms with Crippen molar-refractivity contribution in [3.63, 3.8) is 0 Å². The van der Waals surface area contributed by atoms with Gasteiger partial charge in [0, 0.05) is 13.1 Å². The molecule has 3 aromatic rings. The molecule has 3 rings (SSSR count). The molecule has 0 aliphatic rings. The molecular weight excluding hydrogens is 505 g/mol. The Morgan fingerprint density at radius 3 is 2.13 bits per heavy atom. The molecule has 2 amide bonds. The molecule has 9 heteroatoms. The molecule has 0 fully saturated rings. The van der Waals surface area contributed by atoms with Crippen LogP contribution in [-0.2, 0) is 26.2 Å². The van der Waals surface area contributed by atoms with E-state index in [2.05, 4.69) is 5.32 Å². The Labute approximate surface area is 224 Å². The lowest BCUT2D eigenvalue weighted by molar-refractivity contribution is -0.140. The van der Waals surface area contributed by atoms with E-state index in [4.69, 9.17) is 0 Å². The lowest BCUT2D eigenvalue weighted by atomic mass is 10.1. The summed E-state index contributed by atoms with van der Waals surface area (Å²) >= 11 is 0. The Balaban J connectivity index is 2.01. The van der Waals surface area contributed by atoms with Crippen molar-refractivity contribution in [1.82, 2.24) is 10.2 Å². The molecule has 0 aliphatic carbocycles. The number of hydrogen-bond donors (Lipinski definition) is 1. The first kappa shape index (κ1) is 28.8. The van der Waals surface area contributed by atoms with E-state index < -0.39 is 34.3 Å². The number of aryl methyl sites for hydroxylation is 1. The van der Waals surface area contributed by atoms with Crippen LogP contribution in [0.4, 0.5) is 10.1 Å². The Bertz CT molecular complexity index is 1310. The van der Waals surface area contributed by atoms with Crippen LogP contribution in [0, 0.1) is 12.7 Å². The summed E-state index contributed by atoms with van der Waals surface area (Å²) in [4.78, 5) is 28.3. The van der Waals surface area contributed by atoms with Gasteiger partial charge in [-0.05, 0) is 61.7 Å². The summed E-state index contributed by atoms with van der Waals surface area (Å²) in [6.45, 7) is 5.53. The third-order valence-electron chi connectivity index (χ3n) is 6.13. The smallest absolute Gasteiger partial charge is 0.264 e. The summed E-state index contributed by atoms with van der Waals surface area (Å²) in [5.74, 6) is -1.29. The van der Waals surface area contributed by atoms with E-state index in [0.717, 1.165) is 16.3 Å². The summed E-state index contributed by atoms with van der Waals surface area (Å²) in [5.41, 5.74) is 1.85. The van der Waals surface area contributed by atoms with Crippen molar-refractivity contribution in [3.8, 4) is 0 Å². The third kappa shape index (κ3) is 7.19. The van der Waals surface area contributed by atoms with Gasteiger partial charge in [-0.15, -0.1) is 0 Å². The average Bonchev–Trinajstić information content (AvgIpc) is 2.92. The van der Waals surface area contributed by atoms with Crippen molar-refractivity contribution in [2.45, 2.75) is 51.1 Å². The van der Waals surface area contributed by atoms with Crippen LogP contribution in [-0.4, -0.2) is 44.3 Å². The SMILES string of the molecule is CCCNC(=O)[C@H](CC)N(Cc1ccc(F)cc1)C(=O)CN(c1ccccc1)S(=O)(=O)c1ccc(C)cc1. The van der Waals surface area contributed by atoms with Gasteiger partial charge in [0.1, 0.15) is 18.4 Å². The molecule has 0 unspecified atom stereocenters. The third-order valence-corrected chi connectivity index (χ3v) is 7.92. The molecule has 202 valence electrons. The van der Waals surface area contributed by atoms with Crippen molar-refractivity contribution in [1.29, 1.82) is 0 Å². The van der Waals surface area contributed by atoms with Gasteiger partial charge in [-0.25, -0.2) is 12.8 Å². The van der Waals surface area contributed by atoms with E-state index in [1.165, 1.54) is 29.2 Å². The summed E-state index contributed by atoms with van der Waals surface area (Å²) in [6.07, 6.45) is 1.04. The first-order valence-corrected chi connectivity index (χ1v) is 14.1. The molecule has 3 aromatic carbocycles. The molecule has 0 aromatic heterocycles. The second-order valence-electron chi connectivity index (χ2n) is 9.02. The minimum atomic E-state index is -4.11. The molecule has 38 heavy (non-hydrogen) atoms. The number of nitrogens with one attached hydrogen (secondary N) is 1. The van der Waals surface area contributed by atoms with E-state index >= 15 is 0 Å². The molecular formula is C29H34FN3O4S. The average molecular weight is 540 g/mol. The van der Waals surface area contributed by atoms with Gasteiger partial charge in [-0.2, -0.15) is 0 Å². The number of benzene rings is 3. The standard InChI is InChI=1S/C29H34FN3O4S/c1-4-19-31-29(35)27(5-2)32(20-23-13-15-24(30)16-14-23)28(34)21-33(25-9-7-6-8-10-25)38(36,37)26-17-11-22(3)12-18-26/h6-18,27H,4-5,19-21H2,1-3H3,(H,31,35)/t27-/m0/s1. The Hall–Kier alpha value is -3.72. The minimum absolute atomic E-state index is 0.0182. The number of amides is 2. The van der Waals surface area contributed by atoms with E-state index in [-0.39, 0.29) is 17.3 Å². The van der Waals surface area contributed by atoms with Crippen LogP contribution in [0.15, 0.2) is 83.8 Å².